The third kappa shape index (κ3) is 6.36. The predicted octanol–water partition coefficient (Wildman–Crippen LogP) is 4.97. The molecule has 0 saturated carbocycles. The molecule has 4 rings (SSSR count). The van der Waals surface area contributed by atoms with E-state index < -0.39 is 29.6 Å². The number of pyridine rings is 1. The van der Waals surface area contributed by atoms with Crippen molar-refractivity contribution < 1.29 is 27.9 Å². The quantitative estimate of drug-likeness (QED) is 0.419. The molecule has 1 aliphatic rings. The Morgan fingerprint density at radius 2 is 1.79 bits per heavy atom. The number of nitrogens with zero attached hydrogens (tertiary/aromatic N) is 2. The molecule has 1 fully saturated rings. The third-order valence-electron chi connectivity index (χ3n) is 6.48. The first-order valence-corrected chi connectivity index (χ1v) is 12.4. The molecule has 0 radical (unpaired) electrons. The number of anilines is 1. The summed E-state index contributed by atoms with van der Waals surface area (Å²) in [7, 11) is 0. The lowest BCUT2D eigenvalue weighted by atomic mass is 9.96. The highest BCUT2D eigenvalue weighted by Gasteiger charge is 2.35. The van der Waals surface area contributed by atoms with Crippen LogP contribution in [0.2, 0.25) is 5.02 Å². The third-order valence-corrected chi connectivity index (χ3v) is 6.72. The Kier molecular flexibility index (Phi) is 7.58. The largest absolute Gasteiger partial charge is 0.433 e. The molecule has 3 aromatic rings. The summed E-state index contributed by atoms with van der Waals surface area (Å²) in [6.07, 6.45) is -4.30. The van der Waals surface area contributed by atoms with E-state index in [2.05, 4.69) is 15.6 Å². The van der Waals surface area contributed by atoms with Gasteiger partial charge in [0.15, 0.2) is 0 Å². The molecular formula is C27H28ClF3N4O3. The number of hydrogen-bond donors (Lipinski definition) is 3. The van der Waals surface area contributed by atoms with Crippen molar-refractivity contribution in [1.29, 1.82) is 0 Å². The summed E-state index contributed by atoms with van der Waals surface area (Å²) < 4.78 is 40.7. The second kappa shape index (κ2) is 10.4. The van der Waals surface area contributed by atoms with Crippen LogP contribution in [0.1, 0.15) is 48.8 Å². The van der Waals surface area contributed by atoms with Crippen molar-refractivity contribution in [2.24, 2.45) is 0 Å². The molecule has 0 spiro atoms. The number of carbonyl (C=O) groups is 2. The van der Waals surface area contributed by atoms with Crippen LogP contribution in [-0.2, 0) is 16.6 Å². The SMILES string of the molecule is CC(=O)N1C[C@@H](NC(=O)c2cccc(C(C)(C)O)c2)C[C@@H](Nc2cc(C(F)(F)F)nc3ccc(Cl)cc23)C1. The first-order valence-electron chi connectivity index (χ1n) is 12.0. The fourth-order valence-corrected chi connectivity index (χ4v) is 4.73. The summed E-state index contributed by atoms with van der Waals surface area (Å²) in [6, 6.07) is 11.0. The predicted molar refractivity (Wildman–Crippen MR) is 139 cm³/mol. The van der Waals surface area contributed by atoms with Crippen LogP contribution in [0.3, 0.4) is 0 Å². The Hall–Kier alpha value is -3.37. The summed E-state index contributed by atoms with van der Waals surface area (Å²) >= 11 is 6.11. The fraction of sp³-hybridized carbons (Fsp3) is 0.370. The van der Waals surface area contributed by atoms with Crippen LogP contribution in [-0.4, -0.2) is 52.0 Å². The van der Waals surface area contributed by atoms with Crippen molar-refractivity contribution in [2.75, 3.05) is 18.4 Å². The van der Waals surface area contributed by atoms with Gasteiger partial charge in [0.05, 0.1) is 11.1 Å². The topological polar surface area (TPSA) is 94.6 Å². The molecule has 2 amide bonds. The van der Waals surface area contributed by atoms with Crippen molar-refractivity contribution in [3.8, 4) is 0 Å². The number of hydrogen-bond acceptors (Lipinski definition) is 5. The van der Waals surface area contributed by atoms with Crippen molar-refractivity contribution in [1.82, 2.24) is 15.2 Å². The van der Waals surface area contributed by atoms with Crippen LogP contribution in [0.25, 0.3) is 10.9 Å². The first kappa shape index (κ1) is 27.7. The molecule has 0 aliphatic carbocycles. The van der Waals surface area contributed by atoms with E-state index in [0.29, 0.717) is 28.0 Å². The number of nitrogens with one attached hydrogen (secondary N) is 2. The van der Waals surface area contributed by atoms with Gasteiger partial charge in [0, 0.05) is 53.8 Å². The van der Waals surface area contributed by atoms with E-state index in [-0.39, 0.29) is 36.1 Å². The minimum Gasteiger partial charge on any atom is -0.386 e. The average Bonchev–Trinajstić information content (AvgIpc) is 2.83. The summed E-state index contributed by atoms with van der Waals surface area (Å²) in [5.74, 6) is -0.607. The molecule has 1 aromatic heterocycles. The Labute approximate surface area is 223 Å². The van der Waals surface area contributed by atoms with Gasteiger partial charge in [-0.05, 0) is 62.2 Å². The molecule has 2 aromatic carbocycles. The number of amides is 2. The molecular weight excluding hydrogens is 521 g/mol. The Bertz CT molecular complexity index is 1370. The number of halogens is 4. The zero-order valence-electron chi connectivity index (χ0n) is 21.1. The van der Waals surface area contributed by atoms with Gasteiger partial charge in [-0.1, -0.05) is 23.7 Å². The minimum absolute atomic E-state index is 0.127. The molecule has 2 atom stereocenters. The Balaban J connectivity index is 1.60. The smallest absolute Gasteiger partial charge is 0.386 e. The van der Waals surface area contributed by atoms with E-state index in [1.54, 1.807) is 43.0 Å². The lowest BCUT2D eigenvalue weighted by Crippen LogP contribution is -2.55. The summed E-state index contributed by atoms with van der Waals surface area (Å²) in [5.41, 5.74) is -0.954. The normalized spacial score (nSPS) is 18.4. The highest BCUT2D eigenvalue weighted by Crippen LogP contribution is 2.35. The van der Waals surface area contributed by atoms with E-state index in [1.807, 2.05) is 0 Å². The Morgan fingerprint density at radius 3 is 2.45 bits per heavy atom. The first-order chi connectivity index (χ1) is 17.7. The second-order valence-corrected chi connectivity index (χ2v) is 10.5. The van der Waals surface area contributed by atoms with Crippen LogP contribution >= 0.6 is 11.6 Å². The van der Waals surface area contributed by atoms with Crippen LogP contribution in [0, 0.1) is 0 Å². The van der Waals surface area contributed by atoms with Gasteiger partial charge in [-0.15, -0.1) is 0 Å². The minimum atomic E-state index is -4.66. The summed E-state index contributed by atoms with van der Waals surface area (Å²) in [5, 5.41) is 17.1. The number of carbonyl (C=O) groups excluding carboxylic acids is 2. The van der Waals surface area contributed by atoms with E-state index >= 15 is 0 Å². The maximum absolute atomic E-state index is 13.6. The number of rotatable bonds is 5. The summed E-state index contributed by atoms with van der Waals surface area (Å²) in [4.78, 5) is 30.6. The fourth-order valence-electron chi connectivity index (χ4n) is 4.56. The van der Waals surface area contributed by atoms with Crippen molar-refractivity contribution in [3.05, 3.63) is 70.4 Å². The maximum Gasteiger partial charge on any atom is 0.433 e. The Morgan fingerprint density at radius 1 is 1.08 bits per heavy atom. The molecule has 1 aliphatic heterocycles. The van der Waals surface area contributed by atoms with E-state index in [9.17, 15) is 27.9 Å². The highest BCUT2D eigenvalue weighted by atomic mass is 35.5. The number of aromatic nitrogens is 1. The van der Waals surface area contributed by atoms with Crippen LogP contribution in [0.5, 0.6) is 0 Å². The molecule has 3 N–H and O–H groups in total. The number of fused-ring (bicyclic) bond motifs is 1. The number of piperidine rings is 1. The molecule has 11 heteroatoms. The number of likely N-dealkylation sites (tertiary alicyclic amines) is 1. The van der Waals surface area contributed by atoms with E-state index in [1.165, 1.54) is 25.1 Å². The van der Waals surface area contributed by atoms with Gasteiger partial charge in [0.2, 0.25) is 5.91 Å². The lowest BCUT2D eigenvalue weighted by Gasteiger charge is -2.38. The highest BCUT2D eigenvalue weighted by molar-refractivity contribution is 6.31. The van der Waals surface area contributed by atoms with Gasteiger partial charge < -0.3 is 20.6 Å². The van der Waals surface area contributed by atoms with Crippen molar-refractivity contribution in [3.63, 3.8) is 0 Å². The van der Waals surface area contributed by atoms with Gasteiger partial charge in [-0.25, -0.2) is 4.98 Å². The molecule has 1 saturated heterocycles. The maximum atomic E-state index is 13.6. The molecule has 2 heterocycles. The van der Waals surface area contributed by atoms with Crippen LogP contribution < -0.4 is 10.6 Å². The van der Waals surface area contributed by atoms with Gasteiger partial charge in [-0.3, -0.25) is 9.59 Å². The van der Waals surface area contributed by atoms with Gasteiger partial charge in [0.25, 0.3) is 5.91 Å². The van der Waals surface area contributed by atoms with Crippen LogP contribution in [0.4, 0.5) is 18.9 Å². The zero-order chi connectivity index (χ0) is 27.8. The van der Waals surface area contributed by atoms with Gasteiger partial charge >= 0.3 is 6.18 Å². The molecule has 202 valence electrons. The molecule has 0 bridgehead atoms. The van der Waals surface area contributed by atoms with Gasteiger partial charge in [-0.2, -0.15) is 13.2 Å². The second-order valence-electron chi connectivity index (χ2n) is 10.0. The van der Waals surface area contributed by atoms with Gasteiger partial charge in [0.1, 0.15) is 5.69 Å². The molecule has 38 heavy (non-hydrogen) atoms. The van der Waals surface area contributed by atoms with Crippen molar-refractivity contribution in [2.45, 2.75) is 51.1 Å². The number of alkyl halides is 3. The number of aliphatic hydroxyl groups is 1. The van der Waals surface area contributed by atoms with Crippen LogP contribution in [0.15, 0.2) is 48.5 Å². The van der Waals surface area contributed by atoms with E-state index in [0.717, 1.165) is 6.07 Å². The van der Waals surface area contributed by atoms with E-state index in [4.69, 9.17) is 11.6 Å². The average molecular weight is 549 g/mol. The monoisotopic (exact) mass is 548 g/mol. The molecule has 7 nitrogen and oxygen atoms in total. The zero-order valence-corrected chi connectivity index (χ0v) is 21.8. The molecule has 0 unspecified atom stereocenters. The lowest BCUT2D eigenvalue weighted by molar-refractivity contribution is -0.140. The summed E-state index contributed by atoms with van der Waals surface area (Å²) in [6.45, 7) is 5.12. The number of benzene rings is 2. The van der Waals surface area contributed by atoms with Crippen molar-refractivity contribution >= 4 is 40.0 Å². The standard InChI is InChI=1S/C27H28ClF3N4O3/c1-15(36)35-13-19(11-20(14-35)33-25(37)16-5-4-6-17(9-16)26(2,3)38)32-23-12-24(27(29,30)31)34-22-8-7-18(28)10-21(22)23/h4-10,12,19-20,38H,11,13-14H2,1-3H3,(H,32,34)(H,33,37)/t19-,20+/m1/s1.